The molecule has 1 heterocycles. The topological polar surface area (TPSA) is 30.0 Å². The molecule has 5 heteroatoms. The molecule has 82 valence electrons. The maximum atomic E-state index is 11.9. The lowest BCUT2D eigenvalue weighted by molar-refractivity contribution is 0.0993. The van der Waals surface area contributed by atoms with Crippen LogP contribution < -0.4 is 0 Å². The molecule has 0 spiro atoms. The lowest BCUT2D eigenvalue weighted by Gasteiger charge is -2.02. The van der Waals surface area contributed by atoms with E-state index in [0.717, 1.165) is 5.01 Å². The largest absolute Gasteiger partial charge is 0.294 e. The van der Waals surface area contributed by atoms with Crippen LogP contribution >= 0.6 is 34.5 Å². The Bertz CT molecular complexity index is 511. The standard InChI is InChI=1S/C11H7Cl2NOS/c12-7-1-2-9(13)8(5-7)10(15)6-11-14-3-4-16-11/h1-5H,6H2. The molecule has 16 heavy (non-hydrogen) atoms. The van der Waals surface area contributed by atoms with Crippen molar-refractivity contribution in [3.8, 4) is 0 Å². The van der Waals surface area contributed by atoms with Gasteiger partial charge in [-0.1, -0.05) is 23.2 Å². The molecule has 0 atom stereocenters. The fraction of sp³-hybridized carbons (Fsp3) is 0.0909. The predicted octanol–water partition coefficient (Wildman–Crippen LogP) is 3.88. The van der Waals surface area contributed by atoms with Crippen molar-refractivity contribution in [3.63, 3.8) is 0 Å². The number of halogens is 2. The number of hydrogen-bond donors (Lipinski definition) is 0. The summed E-state index contributed by atoms with van der Waals surface area (Å²) in [6.07, 6.45) is 1.94. The molecule has 0 saturated carbocycles. The molecule has 0 aliphatic heterocycles. The van der Waals surface area contributed by atoms with Crippen molar-refractivity contribution in [1.82, 2.24) is 4.98 Å². The normalized spacial score (nSPS) is 10.4. The van der Waals surface area contributed by atoms with E-state index < -0.39 is 0 Å². The summed E-state index contributed by atoms with van der Waals surface area (Å²) < 4.78 is 0. The molecule has 0 unspecified atom stereocenters. The third-order valence-electron chi connectivity index (χ3n) is 2.02. The van der Waals surface area contributed by atoms with Gasteiger partial charge in [-0.15, -0.1) is 11.3 Å². The fourth-order valence-electron chi connectivity index (χ4n) is 1.28. The van der Waals surface area contributed by atoms with Crippen molar-refractivity contribution < 1.29 is 4.79 Å². The first-order valence-electron chi connectivity index (χ1n) is 4.53. The first-order chi connectivity index (χ1) is 7.66. The number of ketones is 1. The van der Waals surface area contributed by atoms with Gasteiger partial charge in [0.05, 0.1) is 11.4 Å². The zero-order valence-corrected chi connectivity index (χ0v) is 10.4. The summed E-state index contributed by atoms with van der Waals surface area (Å²) in [5, 5.41) is 3.54. The number of carbonyl (C=O) groups excluding carboxylic acids is 1. The maximum absolute atomic E-state index is 11.9. The molecule has 0 aliphatic carbocycles. The molecule has 0 bridgehead atoms. The van der Waals surface area contributed by atoms with E-state index in [2.05, 4.69) is 4.98 Å². The van der Waals surface area contributed by atoms with E-state index in [4.69, 9.17) is 23.2 Å². The summed E-state index contributed by atoms with van der Waals surface area (Å²) in [7, 11) is 0. The molecule has 2 aromatic rings. The van der Waals surface area contributed by atoms with E-state index in [1.54, 1.807) is 24.4 Å². The van der Waals surface area contributed by atoms with Crippen molar-refractivity contribution in [1.29, 1.82) is 0 Å². The molecule has 0 N–H and O–H groups in total. The van der Waals surface area contributed by atoms with Gasteiger partial charge < -0.3 is 0 Å². The van der Waals surface area contributed by atoms with Crippen LogP contribution in [0, 0.1) is 0 Å². The highest BCUT2D eigenvalue weighted by molar-refractivity contribution is 7.09. The summed E-state index contributed by atoms with van der Waals surface area (Å²) in [5.41, 5.74) is 0.448. The Hall–Kier alpha value is -0.900. The monoisotopic (exact) mass is 271 g/mol. The average molecular weight is 272 g/mol. The highest BCUT2D eigenvalue weighted by Crippen LogP contribution is 2.22. The van der Waals surface area contributed by atoms with E-state index in [-0.39, 0.29) is 12.2 Å². The molecule has 1 aromatic heterocycles. The Morgan fingerprint density at radius 3 is 2.88 bits per heavy atom. The number of Topliss-reactive ketones (excluding diaryl/α,β-unsaturated/α-hetero) is 1. The molecule has 2 nitrogen and oxygen atoms in total. The minimum absolute atomic E-state index is 0.0672. The van der Waals surface area contributed by atoms with Gasteiger partial charge in [0.1, 0.15) is 5.01 Å². The maximum Gasteiger partial charge on any atom is 0.171 e. The Balaban J connectivity index is 2.24. The highest BCUT2D eigenvalue weighted by Gasteiger charge is 2.12. The minimum Gasteiger partial charge on any atom is -0.294 e. The van der Waals surface area contributed by atoms with E-state index >= 15 is 0 Å². The van der Waals surface area contributed by atoms with Crippen LogP contribution in [0.15, 0.2) is 29.8 Å². The second-order valence-corrected chi connectivity index (χ2v) is 4.97. The highest BCUT2D eigenvalue weighted by atomic mass is 35.5. The van der Waals surface area contributed by atoms with Gasteiger partial charge >= 0.3 is 0 Å². The number of carbonyl (C=O) groups is 1. The average Bonchev–Trinajstić information content (AvgIpc) is 2.74. The van der Waals surface area contributed by atoms with Gasteiger partial charge in [0, 0.05) is 22.2 Å². The zero-order valence-electron chi connectivity index (χ0n) is 8.11. The predicted molar refractivity (Wildman–Crippen MR) is 66.6 cm³/mol. The van der Waals surface area contributed by atoms with Crippen LogP contribution in [0.3, 0.4) is 0 Å². The van der Waals surface area contributed by atoms with Gasteiger partial charge in [-0.2, -0.15) is 0 Å². The molecule has 2 rings (SSSR count). The second-order valence-electron chi connectivity index (χ2n) is 3.15. The molecule has 1 aromatic carbocycles. The number of benzene rings is 1. The van der Waals surface area contributed by atoms with Crippen LogP contribution in [0.4, 0.5) is 0 Å². The Morgan fingerprint density at radius 1 is 1.38 bits per heavy atom. The van der Waals surface area contributed by atoms with Crippen LogP contribution in [-0.2, 0) is 6.42 Å². The van der Waals surface area contributed by atoms with Crippen molar-refractivity contribution in [2.24, 2.45) is 0 Å². The number of nitrogens with zero attached hydrogens (tertiary/aromatic N) is 1. The Morgan fingerprint density at radius 2 is 2.19 bits per heavy atom. The third kappa shape index (κ3) is 2.61. The van der Waals surface area contributed by atoms with Crippen LogP contribution in [0.25, 0.3) is 0 Å². The van der Waals surface area contributed by atoms with Crippen LogP contribution in [0.1, 0.15) is 15.4 Å². The fourth-order valence-corrected chi connectivity index (χ4v) is 2.29. The van der Waals surface area contributed by atoms with Crippen LogP contribution in [0.2, 0.25) is 10.0 Å². The van der Waals surface area contributed by atoms with Gasteiger partial charge in [-0.25, -0.2) is 4.98 Å². The number of hydrogen-bond acceptors (Lipinski definition) is 3. The van der Waals surface area contributed by atoms with E-state index in [1.807, 2.05) is 5.38 Å². The van der Waals surface area contributed by atoms with Crippen molar-refractivity contribution in [2.45, 2.75) is 6.42 Å². The van der Waals surface area contributed by atoms with E-state index in [0.29, 0.717) is 15.6 Å². The van der Waals surface area contributed by atoms with Crippen LogP contribution in [0.5, 0.6) is 0 Å². The number of rotatable bonds is 3. The van der Waals surface area contributed by atoms with Gasteiger partial charge in [0.15, 0.2) is 5.78 Å². The smallest absolute Gasteiger partial charge is 0.171 e. The Labute approximate surface area is 107 Å². The van der Waals surface area contributed by atoms with Crippen molar-refractivity contribution in [3.05, 3.63) is 50.4 Å². The first-order valence-corrected chi connectivity index (χ1v) is 6.17. The third-order valence-corrected chi connectivity index (χ3v) is 3.37. The van der Waals surface area contributed by atoms with E-state index in [9.17, 15) is 4.79 Å². The quantitative estimate of drug-likeness (QED) is 0.794. The summed E-state index contributed by atoms with van der Waals surface area (Å²) in [4.78, 5) is 16.0. The summed E-state index contributed by atoms with van der Waals surface area (Å²) in [6.45, 7) is 0. The molecule has 0 saturated heterocycles. The first kappa shape index (κ1) is 11.6. The molecular formula is C11H7Cl2NOS. The summed E-state index contributed by atoms with van der Waals surface area (Å²) in [5.74, 6) is -0.0672. The Kier molecular flexibility index (Phi) is 3.59. The number of thiazole rings is 1. The minimum atomic E-state index is -0.0672. The van der Waals surface area contributed by atoms with Gasteiger partial charge in [0.25, 0.3) is 0 Å². The van der Waals surface area contributed by atoms with Gasteiger partial charge in [-0.05, 0) is 18.2 Å². The molecule has 0 fully saturated rings. The SMILES string of the molecule is O=C(Cc1nccs1)c1cc(Cl)ccc1Cl. The van der Waals surface area contributed by atoms with Gasteiger partial charge in [0.2, 0.25) is 0 Å². The molecule has 0 radical (unpaired) electrons. The number of aromatic nitrogens is 1. The summed E-state index contributed by atoms with van der Waals surface area (Å²) in [6, 6.07) is 4.86. The van der Waals surface area contributed by atoms with Crippen molar-refractivity contribution >= 4 is 40.3 Å². The molecular weight excluding hydrogens is 265 g/mol. The van der Waals surface area contributed by atoms with Gasteiger partial charge in [-0.3, -0.25) is 4.79 Å². The lowest BCUT2D eigenvalue weighted by Crippen LogP contribution is -2.04. The lowest BCUT2D eigenvalue weighted by atomic mass is 10.1. The van der Waals surface area contributed by atoms with Crippen LogP contribution in [-0.4, -0.2) is 10.8 Å². The molecule has 0 amide bonds. The zero-order chi connectivity index (χ0) is 11.5. The second kappa shape index (κ2) is 4.95. The summed E-state index contributed by atoms with van der Waals surface area (Å²) >= 11 is 13.2. The van der Waals surface area contributed by atoms with E-state index in [1.165, 1.54) is 11.3 Å². The molecule has 0 aliphatic rings. The van der Waals surface area contributed by atoms with Crippen molar-refractivity contribution in [2.75, 3.05) is 0 Å².